The van der Waals surface area contributed by atoms with Crippen LogP contribution in [-0.4, -0.2) is 15.2 Å². The Bertz CT molecular complexity index is 519. The minimum atomic E-state index is 0.432. The van der Waals surface area contributed by atoms with Crippen LogP contribution >= 0.6 is 39.7 Å². The molecule has 1 aromatic carbocycles. The molecule has 72 valence electrons. The zero-order valence-corrected chi connectivity index (χ0v) is 10.0. The maximum atomic E-state index is 5.82. The third-order valence-corrected chi connectivity index (χ3v) is 2.77. The van der Waals surface area contributed by atoms with Crippen LogP contribution < -0.4 is 0 Å². The van der Waals surface area contributed by atoms with Crippen LogP contribution in [0.1, 0.15) is 0 Å². The second-order valence-corrected chi connectivity index (χ2v) is 4.32. The van der Waals surface area contributed by atoms with Gasteiger partial charge >= 0.3 is 0 Å². The topological polar surface area (TPSA) is 44.5 Å². The van der Waals surface area contributed by atoms with Crippen LogP contribution in [0.2, 0.25) is 5.02 Å². The average molecular weight is 291 g/mol. The van der Waals surface area contributed by atoms with Crippen molar-refractivity contribution in [2.45, 2.75) is 0 Å². The highest BCUT2D eigenvalue weighted by molar-refractivity contribution is 9.10. The summed E-state index contributed by atoms with van der Waals surface area (Å²) in [6, 6.07) is 5.48. The van der Waals surface area contributed by atoms with Gasteiger partial charge in [-0.25, -0.2) is 0 Å². The number of nitrogens with zero attached hydrogens (tertiary/aromatic N) is 1. The number of nitrogens with one attached hydrogen (secondary N) is 2. The molecule has 14 heavy (non-hydrogen) atoms. The van der Waals surface area contributed by atoms with E-state index in [4.69, 9.17) is 23.8 Å². The minimum Gasteiger partial charge on any atom is -0.282 e. The Balaban J connectivity index is 2.57. The Hall–Kier alpha value is -0.650. The molecule has 1 aromatic heterocycles. The van der Waals surface area contributed by atoms with Crippen molar-refractivity contribution in [3.05, 3.63) is 32.5 Å². The predicted octanol–water partition coefficient (Wildman–Crippen LogP) is 3.55. The molecule has 2 rings (SSSR count). The lowest BCUT2D eigenvalue weighted by Gasteiger charge is -1.99. The van der Waals surface area contributed by atoms with Crippen LogP contribution in [0.25, 0.3) is 11.4 Å². The third-order valence-electron chi connectivity index (χ3n) is 1.69. The quantitative estimate of drug-likeness (QED) is 0.789. The van der Waals surface area contributed by atoms with Crippen LogP contribution in [0.3, 0.4) is 0 Å². The van der Waals surface area contributed by atoms with E-state index >= 15 is 0 Å². The first-order chi connectivity index (χ1) is 6.66. The van der Waals surface area contributed by atoms with Gasteiger partial charge in [-0.3, -0.25) is 10.2 Å². The van der Waals surface area contributed by atoms with E-state index in [1.807, 2.05) is 12.1 Å². The number of hydrogen-bond donors (Lipinski definition) is 2. The Kier molecular flexibility index (Phi) is 2.71. The van der Waals surface area contributed by atoms with Gasteiger partial charge in [-0.1, -0.05) is 11.6 Å². The fraction of sp³-hybridized carbons (Fsp3) is 0. The van der Waals surface area contributed by atoms with E-state index in [9.17, 15) is 0 Å². The van der Waals surface area contributed by atoms with Crippen LogP contribution in [0, 0.1) is 4.77 Å². The highest BCUT2D eigenvalue weighted by atomic mass is 79.9. The van der Waals surface area contributed by atoms with Crippen molar-refractivity contribution in [1.82, 2.24) is 15.2 Å². The van der Waals surface area contributed by atoms with Crippen LogP contribution in [-0.2, 0) is 0 Å². The van der Waals surface area contributed by atoms with Gasteiger partial charge in [-0.15, -0.1) is 0 Å². The molecule has 0 unspecified atom stereocenters. The van der Waals surface area contributed by atoms with E-state index < -0.39 is 0 Å². The molecule has 0 bridgehead atoms. The van der Waals surface area contributed by atoms with Gasteiger partial charge in [-0.2, -0.15) is 4.98 Å². The summed E-state index contributed by atoms with van der Waals surface area (Å²) in [5.41, 5.74) is 0.918. The Morgan fingerprint density at radius 1 is 1.36 bits per heavy atom. The first-order valence-corrected chi connectivity index (χ1v) is 5.35. The van der Waals surface area contributed by atoms with Crippen molar-refractivity contribution in [3.63, 3.8) is 0 Å². The van der Waals surface area contributed by atoms with Crippen LogP contribution in [0.5, 0.6) is 0 Å². The predicted molar refractivity (Wildman–Crippen MR) is 61.9 cm³/mol. The van der Waals surface area contributed by atoms with Gasteiger partial charge in [0.1, 0.15) is 0 Å². The highest BCUT2D eigenvalue weighted by Gasteiger charge is 2.05. The summed E-state index contributed by atoms with van der Waals surface area (Å²) in [7, 11) is 0. The second kappa shape index (κ2) is 3.84. The molecule has 2 aromatic rings. The maximum Gasteiger partial charge on any atom is 0.213 e. The van der Waals surface area contributed by atoms with Crippen molar-refractivity contribution in [2.75, 3.05) is 0 Å². The zero-order valence-electron chi connectivity index (χ0n) is 6.84. The molecule has 0 aliphatic carbocycles. The Morgan fingerprint density at radius 3 is 2.71 bits per heavy atom. The second-order valence-electron chi connectivity index (χ2n) is 2.64. The number of rotatable bonds is 1. The number of aromatic nitrogens is 3. The van der Waals surface area contributed by atoms with E-state index in [1.165, 1.54) is 0 Å². The summed E-state index contributed by atoms with van der Waals surface area (Å²) in [6.45, 7) is 0. The molecule has 0 spiro atoms. The van der Waals surface area contributed by atoms with E-state index in [1.54, 1.807) is 6.07 Å². The molecule has 1 heterocycles. The van der Waals surface area contributed by atoms with E-state index in [0.717, 1.165) is 10.0 Å². The minimum absolute atomic E-state index is 0.432. The lowest BCUT2D eigenvalue weighted by molar-refractivity contribution is 1.08. The summed E-state index contributed by atoms with van der Waals surface area (Å²) in [5.74, 6) is 0.693. The average Bonchev–Trinajstić information content (AvgIpc) is 2.51. The number of hydrogen-bond acceptors (Lipinski definition) is 2. The van der Waals surface area contributed by atoms with Crippen LogP contribution in [0.15, 0.2) is 22.7 Å². The van der Waals surface area contributed by atoms with Crippen molar-refractivity contribution in [2.24, 2.45) is 0 Å². The summed E-state index contributed by atoms with van der Waals surface area (Å²) >= 11 is 14.1. The fourth-order valence-corrected chi connectivity index (χ4v) is 2.09. The first kappa shape index (κ1) is 9.89. The number of aromatic amines is 2. The normalized spacial score (nSPS) is 10.4. The van der Waals surface area contributed by atoms with E-state index in [0.29, 0.717) is 15.6 Å². The molecule has 0 atom stereocenters. The molecule has 0 fully saturated rings. The van der Waals surface area contributed by atoms with Crippen molar-refractivity contribution >= 4 is 39.7 Å². The van der Waals surface area contributed by atoms with Crippen molar-refractivity contribution < 1.29 is 0 Å². The molecule has 0 saturated heterocycles. The highest BCUT2D eigenvalue weighted by Crippen LogP contribution is 2.27. The number of benzene rings is 1. The Morgan fingerprint density at radius 2 is 2.14 bits per heavy atom. The zero-order chi connectivity index (χ0) is 10.1. The summed E-state index contributed by atoms with van der Waals surface area (Å²) in [4.78, 5) is 4.10. The largest absolute Gasteiger partial charge is 0.282 e. The molecular weight excluding hydrogens is 286 g/mol. The van der Waals surface area contributed by atoms with Gasteiger partial charge in [0.05, 0.1) is 0 Å². The fourth-order valence-electron chi connectivity index (χ4n) is 1.08. The van der Waals surface area contributed by atoms with Crippen molar-refractivity contribution in [3.8, 4) is 11.4 Å². The number of H-pyrrole nitrogens is 2. The molecule has 0 saturated carbocycles. The van der Waals surface area contributed by atoms with Gasteiger partial charge in [-0.05, 0) is 46.3 Å². The lowest BCUT2D eigenvalue weighted by Crippen LogP contribution is -1.82. The number of halogens is 2. The molecular formula is C8H5BrClN3S. The van der Waals surface area contributed by atoms with E-state index in [-0.39, 0.29) is 0 Å². The van der Waals surface area contributed by atoms with Gasteiger partial charge in [0.15, 0.2) is 5.82 Å². The summed E-state index contributed by atoms with van der Waals surface area (Å²) in [6.07, 6.45) is 0. The van der Waals surface area contributed by atoms with Gasteiger partial charge in [0, 0.05) is 15.1 Å². The van der Waals surface area contributed by atoms with E-state index in [2.05, 4.69) is 31.1 Å². The Labute approximate surface area is 98.6 Å². The smallest absolute Gasteiger partial charge is 0.213 e. The molecule has 0 aliphatic rings. The van der Waals surface area contributed by atoms with Gasteiger partial charge in [0.25, 0.3) is 0 Å². The molecule has 0 radical (unpaired) electrons. The summed E-state index contributed by atoms with van der Waals surface area (Å²) in [5, 5.41) is 6.28. The molecule has 0 amide bonds. The maximum absolute atomic E-state index is 5.82. The standard InChI is InChI=1S/C8H5BrClN3S/c9-6-3-4(10)1-2-5(6)7-11-8(14)13-12-7/h1-3H,(H2,11,12,13,14). The monoisotopic (exact) mass is 289 g/mol. The van der Waals surface area contributed by atoms with Crippen molar-refractivity contribution in [1.29, 1.82) is 0 Å². The molecule has 3 nitrogen and oxygen atoms in total. The summed E-state index contributed by atoms with van der Waals surface area (Å²) < 4.78 is 1.31. The van der Waals surface area contributed by atoms with Gasteiger partial charge < -0.3 is 0 Å². The third kappa shape index (κ3) is 1.89. The SMILES string of the molecule is S=c1nc(-c2ccc(Cl)cc2Br)[nH][nH]1. The van der Waals surface area contributed by atoms with Crippen LogP contribution in [0.4, 0.5) is 0 Å². The van der Waals surface area contributed by atoms with Gasteiger partial charge in [0.2, 0.25) is 4.77 Å². The molecule has 6 heteroatoms. The first-order valence-electron chi connectivity index (χ1n) is 3.77. The molecule has 2 N–H and O–H groups in total. The molecule has 0 aliphatic heterocycles. The lowest BCUT2D eigenvalue weighted by atomic mass is 10.2.